The normalized spacial score (nSPS) is 23.8. The molecule has 1 atom stereocenters. The van der Waals surface area contributed by atoms with Crippen molar-refractivity contribution in [1.29, 1.82) is 0 Å². The summed E-state index contributed by atoms with van der Waals surface area (Å²) in [5.41, 5.74) is 2.09. The van der Waals surface area contributed by atoms with E-state index < -0.39 is 0 Å². The molecule has 0 aliphatic heterocycles. The Labute approximate surface area is 98.9 Å². The molecule has 1 aliphatic rings. The molecule has 0 spiro atoms. The predicted octanol–water partition coefficient (Wildman–Crippen LogP) is 4.07. The lowest BCUT2D eigenvalue weighted by molar-refractivity contribution is -0.114. The molecule has 0 aromatic carbocycles. The Hall–Kier alpha value is -1.11. The average Bonchev–Trinajstić information content (AvgIpc) is 2.47. The Morgan fingerprint density at radius 2 is 2.19 bits per heavy atom. The largest absolute Gasteiger partial charge is 0.295 e. The van der Waals surface area contributed by atoms with Crippen molar-refractivity contribution in [2.45, 2.75) is 40.0 Å². The van der Waals surface area contributed by atoms with Gasteiger partial charge in [0.2, 0.25) is 0 Å². The van der Waals surface area contributed by atoms with Crippen LogP contribution in [0.15, 0.2) is 36.5 Å². The lowest BCUT2D eigenvalue weighted by Gasteiger charge is -2.21. The molecule has 1 heteroatoms. The van der Waals surface area contributed by atoms with Crippen LogP contribution in [0, 0.1) is 11.3 Å². The van der Waals surface area contributed by atoms with Crippen molar-refractivity contribution >= 4 is 5.78 Å². The van der Waals surface area contributed by atoms with E-state index in [1.54, 1.807) is 0 Å². The summed E-state index contributed by atoms with van der Waals surface area (Å²) in [6, 6.07) is 0. The van der Waals surface area contributed by atoms with Gasteiger partial charge < -0.3 is 0 Å². The van der Waals surface area contributed by atoms with Crippen LogP contribution in [-0.4, -0.2) is 5.78 Å². The van der Waals surface area contributed by atoms with E-state index in [9.17, 15) is 4.79 Å². The molecule has 0 aromatic rings. The van der Waals surface area contributed by atoms with Gasteiger partial charge in [-0.2, -0.15) is 0 Å². The highest BCUT2D eigenvalue weighted by Crippen LogP contribution is 2.36. The number of rotatable bonds is 4. The van der Waals surface area contributed by atoms with Gasteiger partial charge in [0.1, 0.15) is 0 Å². The summed E-state index contributed by atoms with van der Waals surface area (Å²) in [4.78, 5) is 11.8. The van der Waals surface area contributed by atoms with E-state index in [1.807, 2.05) is 13.0 Å². The Bertz CT molecular complexity index is 344. The third kappa shape index (κ3) is 2.94. The monoisotopic (exact) mass is 218 g/mol. The van der Waals surface area contributed by atoms with Crippen LogP contribution in [0.2, 0.25) is 0 Å². The van der Waals surface area contributed by atoms with Crippen molar-refractivity contribution in [3.63, 3.8) is 0 Å². The van der Waals surface area contributed by atoms with Crippen molar-refractivity contribution in [3.05, 3.63) is 36.5 Å². The van der Waals surface area contributed by atoms with E-state index in [0.717, 1.165) is 24.0 Å². The van der Waals surface area contributed by atoms with Gasteiger partial charge in [-0.3, -0.25) is 4.79 Å². The molecule has 0 saturated heterocycles. The van der Waals surface area contributed by atoms with Crippen molar-refractivity contribution in [2.75, 3.05) is 0 Å². The maximum absolute atomic E-state index is 11.8. The zero-order chi connectivity index (χ0) is 12.3. The number of hydrogen-bond acceptors (Lipinski definition) is 1. The molecule has 1 fully saturated rings. The van der Waals surface area contributed by atoms with Crippen LogP contribution in [0.1, 0.15) is 40.0 Å². The molecular formula is C15H22O. The van der Waals surface area contributed by atoms with Crippen molar-refractivity contribution in [3.8, 4) is 0 Å². The van der Waals surface area contributed by atoms with Gasteiger partial charge in [-0.1, -0.05) is 38.2 Å². The zero-order valence-electron chi connectivity index (χ0n) is 10.7. The number of carbonyl (C=O) groups excluding carboxylic acids is 1. The average molecular weight is 218 g/mol. The molecule has 88 valence electrons. The number of ketones is 1. The van der Waals surface area contributed by atoms with E-state index in [-0.39, 0.29) is 11.3 Å². The van der Waals surface area contributed by atoms with Gasteiger partial charge in [0.25, 0.3) is 0 Å². The number of Topliss-reactive ketones (excluding diaryl/α,β-unsaturated/α-hetero) is 1. The maximum Gasteiger partial charge on any atom is 0.159 e. The van der Waals surface area contributed by atoms with Gasteiger partial charge in [-0.15, -0.1) is 6.58 Å². The molecule has 0 N–H and O–H groups in total. The summed E-state index contributed by atoms with van der Waals surface area (Å²) in [6.45, 7) is 14.0. The summed E-state index contributed by atoms with van der Waals surface area (Å²) in [5.74, 6) is 0.571. The Kier molecular flexibility index (Phi) is 3.90. The Balaban J connectivity index is 2.99. The van der Waals surface area contributed by atoms with Gasteiger partial charge in [0, 0.05) is 12.3 Å². The highest BCUT2D eigenvalue weighted by molar-refractivity contribution is 5.98. The Morgan fingerprint density at radius 3 is 2.69 bits per heavy atom. The highest BCUT2D eigenvalue weighted by Gasteiger charge is 2.30. The lowest BCUT2D eigenvalue weighted by atomic mass is 9.83. The predicted molar refractivity (Wildman–Crippen MR) is 69.2 cm³/mol. The summed E-state index contributed by atoms with van der Waals surface area (Å²) in [7, 11) is 0. The summed E-state index contributed by atoms with van der Waals surface area (Å²) in [6.07, 6.45) is 6.54. The second-order valence-electron chi connectivity index (χ2n) is 5.44. The van der Waals surface area contributed by atoms with Crippen LogP contribution in [0.5, 0.6) is 0 Å². The molecule has 0 unspecified atom stereocenters. The first-order valence-corrected chi connectivity index (χ1v) is 5.89. The lowest BCUT2D eigenvalue weighted by Crippen LogP contribution is -2.12. The molecule has 16 heavy (non-hydrogen) atoms. The number of allylic oxidation sites excluding steroid dienone is 4. The fourth-order valence-electron chi connectivity index (χ4n) is 2.31. The minimum atomic E-state index is 0.0186. The number of carbonyl (C=O) groups is 1. The van der Waals surface area contributed by atoms with Crippen molar-refractivity contribution in [1.82, 2.24) is 0 Å². The van der Waals surface area contributed by atoms with Crippen LogP contribution in [-0.2, 0) is 4.79 Å². The molecule has 0 radical (unpaired) electrons. The zero-order valence-corrected chi connectivity index (χ0v) is 10.7. The highest BCUT2D eigenvalue weighted by atomic mass is 16.1. The van der Waals surface area contributed by atoms with Gasteiger partial charge in [0.05, 0.1) is 0 Å². The second-order valence-corrected chi connectivity index (χ2v) is 5.44. The third-order valence-corrected chi connectivity index (χ3v) is 3.17. The minimum absolute atomic E-state index is 0.0186. The van der Waals surface area contributed by atoms with Gasteiger partial charge >= 0.3 is 0 Å². The summed E-state index contributed by atoms with van der Waals surface area (Å²) in [5, 5.41) is 0. The van der Waals surface area contributed by atoms with Gasteiger partial charge in [0.15, 0.2) is 5.78 Å². The first kappa shape index (κ1) is 13.0. The van der Waals surface area contributed by atoms with Crippen molar-refractivity contribution in [2.24, 2.45) is 11.3 Å². The molecule has 1 rings (SSSR count). The first-order valence-electron chi connectivity index (χ1n) is 5.89. The topological polar surface area (TPSA) is 17.1 Å². The fourth-order valence-corrected chi connectivity index (χ4v) is 2.31. The van der Waals surface area contributed by atoms with Crippen LogP contribution >= 0.6 is 0 Å². The van der Waals surface area contributed by atoms with E-state index in [4.69, 9.17) is 0 Å². The fraction of sp³-hybridized carbons (Fsp3) is 0.533. The summed E-state index contributed by atoms with van der Waals surface area (Å²) < 4.78 is 0. The Morgan fingerprint density at radius 1 is 1.56 bits per heavy atom. The quantitative estimate of drug-likeness (QED) is 0.513. The van der Waals surface area contributed by atoms with E-state index in [2.05, 4.69) is 33.1 Å². The molecule has 0 heterocycles. The number of hydrogen-bond donors (Lipinski definition) is 0. The molecular weight excluding hydrogens is 196 g/mol. The van der Waals surface area contributed by atoms with E-state index in [0.29, 0.717) is 12.2 Å². The molecule has 0 amide bonds. The molecule has 1 nitrogen and oxygen atoms in total. The van der Waals surface area contributed by atoms with Crippen LogP contribution in [0.25, 0.3) is 0 Å². The summed E-state index contributed by atoms with van der Waals surface area (Å²) >= 11 is 0. The molecule has 1 saturated carbocycles. The standard InChI is InChI=1S/C15H22O/c1-6-9-15(4,5)10-13-12(11(2)3)7-8-14(13)16/h6,10,12H,1-2,7-9H2,3-5H3/b13-10+/t12-/m0/s1. The molecule has 1 aliphatic carbocycles. The van der Waals surface area contributed by atoms with E-state index in [1.165, 1.54) is 0 Å². The van der Waals surface area contributed by atoms with E-state index >= 15 is 0 Å². The minimum Gasteiger partial charge on any atom is -0.295 e. The maximum atomic E-state index is 11.8. The molecule has 0 aromatic heterocycles. The van der Waals surface area contributed by atoms with Gasteiger partial charge in [-0.05, 0) is 30.8 Å². The van der Waals surface area contributed by atoms with Crippen LogP contribution in [0.3, 0.4) is 0 Å². The third-order valence-electron chi connectivity index (χ3n) is 3.17. The SMILES string of the molecule is C=CCC(C)(C)/C=C1/C(=O)CC[C@H]1C(=C)C. The van der Waals surface area contributed by atoms with Crippen molar-refractivity contribution < 1.29 is 4.79 Å². The molecule has 0 bridgehead atoms. The van der Waals surface area contributed by atoms with Gasteiger partial charge in [-0.25, -0.2) is 0 Å². The van der Waals surface area contributed by atoms with Crippen LogP contribution < -0.4 is 0 Å². The first-order chi connectivity index (χ1) is 7.37. The van der Waals surface area contributed by atoms with Crippen LogP contribution in [0.4, 0.5) is 0 Å². The smallest absolute Gasteiger partial charge is 0.159 e. The second kappa shape index (κ2) is 4.82.